The van der Waals surface area contributed by atoms with Crippen molar-refractivity contribution >= 4 is 17.1 Å². The molecule has 0 fully saturated rings. The molecule has 0 spiro atoms. The standard InChI is InChI=1S/C15H19NO4/c17-14(18)10-4-2-1-3-7-11-16-12-8-5-6-9-13(12)20-15(16)19/h5-6,8-9H,1-4,7,10-11H2,(H,17,18). The van der Waals surface area contributed by atoms with Crippen molar-refractivity contribution < 1.29 is 14.3 Å². The van der Waals surface area contributed by atoms with Crippen LogP contribution in [0.25, 0.3) is 11.1 Å². The monoisotopic (exact) mass is 277 g/mol. The second-order valence-electron chi connectivity index (χ2n) is 4.90. The molecule has 0 aliphatic heterocycles. The molecule has 1 heterocycles. The number of benzene rings is 1. The third kappa shape index (κ3) is 3.73. The molecule has 108 valence electrons. The lowest BCUT2D eigenvalue weighted by Crippen LogP contribution is -2.14. The van der Waals surface area contributed by atoms with E-state index in [-0.39, 0.29) is 12.2 Å². The number of para-hydroxylation sites is 2. The number of carbonyl (C=O) groups is 1. The van der Waals surface area contributed by atoms with E-state index >= 15 is 0 Å². The summed E-state index contributed by atoms with van der Waals surface area (Å²) in [5.41, 5.74) is 1.46. The number of hydrogen-bond acceptors (Lipinski definition) is 3. The van der Waals surface area contributed by atoms with E-state index in [1.165, 1.54) is 0 Å². The molecule has 0 bridgehead atoms. The molecule has 1 N–H and O–H groups in total. The van der Waals surface area contributed by atoms with E-state index in [0.717, 1.165) is 37.6 Å². The van der Waals surface area contributed by atoms with Crippen LogP contribution in [0.3, 0.4) is 0 Å². The molecule has 1 aromatic heterocycles. The van der Waals surface area contributed by atoms with Gasteiger partial charge in [0.25, 0.3) is 0 Å². The van der Waals surface area contributed by atoms with Crippen molar-refractivity contribution in [3.8, 4) is 0 Å². The van der Waals surface area contributed by atoms with Gasteiger partial charge >= 0.3 is 11.7 Å². The molecule has 1 aromatic carbocycles. The topological polar surface area (TPSA) is 72.4 Å². The molecule has 0 atom stereocenters. The minimum Gasteiger partial charge on any atom is -0.481 e. The van der Waals surface area contributed by atoms with E-state index in [4.69, 9.17) is 9.52 Å². The number of unbranched alkanes of at least 4 members (excludes halogenated alkanes) is 4. The summed E-state index contributed by atoms with van der Waals surface area (Å²) in [7, 11) is 0. The molecule has 0 radical (unpaired) electrons. The molecular weight excluding hydrogens is 258 g/mol. The zero-order valence-electron chi connectivity index (χ0n) is 11.4. The normalized spacial score (nSPS) is 11.0. The smallest absolute Gasteiger partial charge is 0.419 e. The zero-order valence-corrected chi connectivity index (χ0v) is 11.4. The summed E-state index contributed by atoms with van der Waals surface area (Å²) < 4.78 is 6.82. The zero-order chi connectivity index (χ0) is 14.4. The van der Waals surface area contributed by atoms with Crippen LogP contribution in [0.5, 0.6) is 0 Å². The minimum absolute atomic E-state index is 0.242. The van der Waals surface area contributed by atoms with Gasteiger partial charge in [0.05, 0.1) is 5.52 Å². The Morgan fingerprint density at radius 1 is 1.10 bits per heavy atom. The van der Waals surface area contributed by atoms with Gasteiger partial charge in [-0.3, -0.25) is 9.36 Å². The van der Waals surface area contributed by atoms with Gasteiger partial charge in [-0.25, -0.2) is 4.79 Å². The fourth-order valence-corrected chi connectivity index (χ4v) is 2.30. The van der Waals surface area contributed by atoms with Crippen molar-refractivity contribution in [2.75, 3.05) is 0 Å². The fourth-order valence-electron chi connectivity index (χ4n) is 2.30. The number of nitrogens with zero attached hydrogens (tertiary/aromatic N) is 1. The molecule has 2 aromatic rings. The van der Waals surface area contributed by atoms with Crippen LogP contribution in [-0.4, -0.2) is 15.6 Å². The summed E-state index contributed by atoms with van der Waals surface area (Å²) in [4.78, 5) is 22.1. The van der Waals surface area contributed by atoms with Gasteiger partial charge in [0, 0.05) is 13.0 Å². The number of carboxylic acid groups (broad SMARTS) is 1. The summed E-state index contributed by atoms with van der Waals surface area (Å²) in [6, 6.07) is 7.41. The summed E-state index contributed by atoms with van der Waals surface area (Å²) in [6.07, 6.45) is 4.78. The van der Waals surface area contributed by atoms with E-state index in [1.807, 2.05) is 18.2 Å². The highest BCUT2D eigenvalue weighted by Gasteiger charge is 2.07. The maximum atomic E-state index is 11.7. The van der Waals surface area contributed by atoms with Gasteiger partial charge < -0.3 is 9.52 Å². The van der Waals surface area contributed by atoms with Gasteiger partial charge in [-0.1, -0.05) is 31.4 Å². The number of aliphatic carboxylic acids is 1. The van der Waals surface area contributed by atoms with Crippen molar-refractivity contribution in [2.24, 2.45) is 0 Å². The molecule has 0 amide bonds. The predicted octanol–water partition coefficient (Wildman–Crippen LogP) is 3.02. The first-order valence-corrected chi connectivity index (χ1v) is 6.98. The molecule has 5 heteroatoms. The highest BCUT2D eigenvalue weighted by molar-refractivity contribution is 5.72. The molecular formula is C15H19NO4. The lowest BCUT2D eigenvalue weighted by Gasteiger charge is -2.02. The maximum absolute atomic E-state index is 11.7. The second kappa shape index (κ2) is 6.93. The van der Waals surface area contributed by atoms with Gasteiger partial charge in [0.2, 0.25) is 0 Å². The molecule has 2 rings (SSSR count). The maximum Gasteiger partial charge on any atom is 0.419 e. The van der Waals surface area contributed by atoms with Crippen molar-refractivity contribution in [1.29, 1.82) is 0 Å². The molecule has 0 unspecified atom stereocenters. The predicted molar refractivity (Wildman–Crippen MR) is 75.8 cm³/mol. The number of carboxylic acids is 1. The van der Waals surface area contributed by atoms with E-state index < -0.39 is 5.97 Å². The van der Waals surface area contributed by atoms with Gasteiger partial charge in [-0.2, -0.15) is 0 Å². The third-order valence-corrected chi connectivity index (χ3v) is 3.35. The van der Waals surface area contributed by atoms with Gasteiger partial charge in [-0.05, 0) is 25.0 Å². The number of oxazole rings is 1. The van der Waals surface area contributed by atoms with Gasteiger partial charge in [0.1, 0.15) is 0 Å². The van der Waals surface area contributed by atoms with Crippen LogP contribution in [0.1, 0.15) is 38.5 Å². The Morgan fingerprint density at radius 2 is 1.80 bits per heavy atom. The fraction of sp³-hybridized carbons (Fsp3) is 0.467. The van der Waals surface area contributed by atoms with E-state index in [0.29, 0.717) is 12.1 Å². The summed E-state index contributed by atoms with van der Waals surface area (Å²) >= 11 is 0. The number of fused-ring (bicyclic) bond motifs is 1. The Hall–Kier alpha value is -2.04. The lowest BCUT2D eigenvalue weighted by molar-refractivity contribution is -0.137. The van der Waals surface area contributed by atoms with Crippen LogP contribution in [0.15, 0.2) is 33.5 Å². The molecule has 20 heavy (non-hydrogen) atoms. The SMILES string of the molecule is O=C(O)CCCCCCCn1c(=O)oc2ccccc21. The van der Waals surface area contributed by atoms with E-state index in [2.05, 4.69) is 0 Å². The lowest BCUT2D eigenvalue weighted by atomic mass is 10.1. The molecule has 0 aliphatic rings. The minimum atomic E-state index is -0.735. The first-order chi connectivity index (χ1) is 9.68. The van der Waals surface area contributed by atoms with Gasteiger partial charge in [-0.15, -0.1) is 0 Å². The highest BCUT2D eigenvalue weighted by Crippen LogP contribution is 2.13. The van der Waals surface area contributed by atoms with Gasteiger partial charge in [0.15, 0.2) is 5.58 Å². The average molecular weight is 277 g/mol. The van der Waals surface area contributed by atoms with Crippen molar-refractivity contribution in [2.45, 2.75) is 45.1 Å². The van der Waals surface area contributed by atoms with Crippen molar-refractivity contribution in [1.82, 2.24) is 4.57 Å². The summed E-state index contributed by atoms with van der Waals surface area (Å²) in [6.45, 7) is 0.648. The molecule has 0 aliphatic carbocycles. The number of aryl methyl sites for hydroxylation is 1. The Labute approximate surface area is 116 Å². The summed E-state index contributed by atoms with van der Waals surface area (Å²) in [5, 5.41) is 8.52. The number of rotatable bonds is 8. The number of hydrogen-bond donors (Lipinski definition) is 1. The first-order valence-electron chi connectivity index (χ1n) is 6.98. The van der Waals surface area contributed by atoms with Crippen LogP contribution >= 0.6 is 0 Å². The number of aromatic nitrogens is 1. The quantitative estimate of drug-likeness (QED) is 0.753. The molecule has 5 nitrogen and oxygen atoms in total. The second-order valence-corrected chi connectivity index (χ2v) is 4.90. The molecule has 0 saturated heterocycles. The van der Waals surface area contributed by atoms with Crippen LogP contribution in [-0.2, 0) is 11.3 Å². The Kier molecular flexibility index (Phi) is 4.98. The Balaban J connectivity index is 1.77. The first kappa shape index (κ1) is 14.4. The van der Waals surface area contributed by atoms with Crippen molar-refractivity contribution in [3.63, 3.8) is 0 Å². The van der Waals surface area contributed by atoms with E-state index in [1.54, 1.807) is 10.6 Å². The van der Waals surface area contributed by atoms with E-state index in [9.17, 15) is 9.59 Å². The van der Waals surface area contributed by atoms with Crippen LogP contribution in [0, 0.1) is 0 Å². The van der Waals surface area contributed by atoms with Crippen LogP contribution < -0.4 is 5.76 Å². The largest absolute Gasteiger partial charge is 0.481 e. The average Bonchev–Trinajstić information content (AvgIpc) is 2.73. The molecule has 0 saturated carbocycles. The van der Waals surface area contributed by atoms with Crippen LogP contribution in [0.4, 0.5) is 0 Å². The van der Waals surface area contributed by atoms with Crippen molar-refractivity contribution in [3.05, 3.63) is 34.8 Å². The highest BCUT2D eigenvalue weighted by atomic mass is 16.4. The van der Waals surface area contributed by atoms with Crippen LogP contribution in [0.2, 0.25) is 0 Å². The Morgan fingerprint density at radius 3 is 2.60 bits per heavy atom. The third-order valence-electron chi connectivity index (χ3n) is 3.35. The Bertz CT molecular complexity index is 626. The summed E-state index contributed by atoms with van der Waals surface area (Å²) in [5.74, 6) is -1.04.